The predicted molar refractivity (Wildman–Crippen MR) is 68.0 cm³/mol. The van der Waals surface area contributed by atoms with Gasteiger partial charge < -0.3 is 9.88 Å². The van der Waals surface area contributed by atoms with E-state index in [0.29, 0.717) is 6.04 Å². The fourth-order valence-electron chi connectivity index (χ4n) is 2.34. The normalized spacial score (nSPS) is 19.9. The summed E-state index contributed by atoms with van der Waals surface area (Å²) in [6.45, 7) is 2.10. The SMILES string of the molecule is c1csc(CCn2cncc2[C@@H]2CCCN2)n1. The Bertz CT molecular complexity index is 457. The standard InChI is InChI=1S/C12H16N4S/c1-2-10(14-4-1)11-8-13-9-16(11)6-3-12-15-5-7-17-12/h5,7-10,14H,1-4,6H2/t10-/m0/s1. The van der Waals surface area contributed by atoms with Crippen molar-refractivity contribution in [1.29, 1.82) is 0 Å². The number of nitrogens with one attached hydrogen (secondary N) is 1. The highest BCUT2D eigenvalue weighted by molar-refractivity contribution is 7.09. The minimum absolute atomic E-state index is 0.494. The van der Waals surface area contributed by atoms with E-state index in [0.717, 1.165) is 19.5 Å². The molecule has 3 heterocycles. The highest BCUT2D eigenvalue weighted by Crippen LogP contribution is 2.22. The molecule has 17 heavy (non-hydrogen) atoms. The van der Waals surface area contributed by atoms with E-state index in [1.807, 2.05) is 24.1 Å². The molecule has 2 aromatic heterocycles. The molecule has 1 atom stereocenters. The Labute approximate surface area is 105 Å². The van der Waals surface area contributed by atoms with Crippen molar-refractivity contribution in [1.82, 2.24) is 19.9 Å². The van der Waals surface area contributed by atoms with Crippen LogP contribution in [0.15, 0.2) is 24.1 Å². The maximum Gasteiger partial charge on any atom is 0.0948 e. The first-order valence-corrected chi connectivity index (χ1v) is 6.93. The molecular weight excluding hydrogens is 232 g/mol. The maximum atomic E-state index is 4.31. The Morgan fingerprint density at radius 3 is 3.29 bits per heavy atom. The van der Waals surface area contributed by atoms with Crippen LogP contribution < -0.4 is 5.32 Å². The summed E-state index contributed by atoms with van der Waals surface area (Å²) in [6.07, 6.45) is 9.28. The second kappa shape index (κ2) is 4.98. The van der Waals surface area contributed by atoms with Crippen LogP contribution in [0.2, 0.25) is 0 Å². The smallest absolute Gasteiger partial charge is 0.0948 e. The molecule has 1 fully saturated rings. The first-order chi connectivity index (χ1) is 8.43. The average molecular weight is 248 g/mol. The second-order valence-corrected chi connectivity index (χ2v) is 5.32. The van der Waals surface area contributed by atoms with Crippen LogP contribution in [-0.2, 0) is 13.0 Å². The molecule has 3 rings (SSSR count). The lowest BCUT2D eigenvalue weighted by molar-refractivity contribution is 0.562. The summed E-state index contributed by atoms with van der Waals surface area (Å²) < 4.78 is 2.25. The van der Waals surface area contributed by atoms with E-state index in [4.69, 9.17) is 0 Å². The van der Waals surface area contributed by atoms with Gasteiger partial charge in [-0.3, -0.25) is 0 Å². The number of hydrogen-bond acceptors (Lipinski definition) is 4. The van der Waals surface area contributed by atoms with Gasteiger partial charge in [0.25, 0.3) is 0 Å². The summed E-state index contributed by atoms with van der Waals surface area (Å²) in [5.74, 6) is 0. The third-order valence-electron chi connectivity index (χ3n) is 3.21. The quantitative estimate of drug-likeness (QED) is 0.900. The summed E-state index contributed by atoms with van der Waals surface area (Å²) in [7, 11) is 0. The largest absolute Gasteiger partial charge is 0.333 e. The third kappa shape index (κ3) is 2.40. The Morgan fingerprint density at radius 2 is 2.53 bits per heavy atom. The summed E-state index contributed by atoms with van der Waals surface area (Å²) >= 11 is 1.72. The topological polar surface area (TPSA) is 42.7 Å². The van der Waals surface area contributed by atoms with Gasteiger partial charge in [-0.05, 0) is 19.4 Å². The van der Waals surface area contributed by atoms with Crippen molar-refractivity contribution in [2.24, 2.45) is 0 Å². The minimum Gasteiger partial charge on any atom is -0.333 e. The van der Waals surface area contributed by atoms with Crippen molar-refractivity contribution >= 4 is 11.3 Å². The van der Waals surface area contributed by atoms with Crippen LogP contribution in [0.5, 0.6) is 0 Å². The third-order valence-corrected chi connectivity index (χ3v) is 4.05. The zero-order valence-corrected chi connectivity index (χ0v) is 10.5. The summed E-state index contributed by atoms with van der Waals surface area (Å²) in [5, 5.41) is 6.75. The van der Waals surface area contributed by atoms with Gasteiger partial charge >= 0.3 is 0 Å². The van der Waals surface area contributed by atoms with E-state index in [2.05, 4.69) is 19.9 Å². The number of hydrogen-bond donors (Lipinski definition) is 1. The van der Waals surface area contributed by atoms with Gasteiger partial charge in [0.1, 0.15) is 0 Å². The maximum absolute atomic E-state index is 4.31. The van der Waals surface area contributed by atoms with E-state index >= 15 is 0 Å². The molecule has 0 bridgehead atoms. The first kappa shape index (κ1) is 10.9. The van der Waals surface area contributed by atoms with Gasteiger partial charge in [0.05, 0.1) is 17.0 Å². The molecule has 0 aliphatic carbocycles. The van der Waals surface area contributed by atoms with Gasteiger partial charge in [-0.1, -0.05) is 0 Å². The number of aryl methyl sites for hydroxylation is 2. The molecule has 1 N–H and O–H groups in total. The van der Waals surface area contributed by atoms with Crippen molar-refractivity contribution in [2.75, 3.05) is 6.54 Å². The Hall–Kier alpha value is -1.20. The zero-order valence-electron chi connectivity index (χ0n) is 9.67. The van der Waals surface area contributed by atoms with Crippen LogP contribution in [0, 0.1) is 0 Å². The summed E-state index contributed by atoms with van der Waals surface area (Å²) in [5.41, 5.74) is 1.32. The fourth-order valence-corrected chi connectivity index (χ4v) is 2.95. The molecule has 1 aliphatic heterocycles. The monoisotopic (exact) mass is 248 g/mol. The predicted octanol–water partition coefficient (Wildman–Crippen LogP) is 2.01. The van der Waals surface area contributed by atoms with E-state index in [1.54, 1.807) is 11.3 Å². The molecule has 2 aromatic rings. The zero-order chi connectivity index (χ0) is 11.5. The van der Waals surface area contributed by atoms with Gasteiger partial charge in [-0.2, -0.15) is 0 Å². The molecule has 5 heteroatoms. The van der Waals surface area contributed by atoms with Gasteiger partial charge in [0, 0.05) is 36.8 Å². The lowest BCUT2D eigenvalue weighted by Crippen LogP contribution is -2.17. The lowest BCUT2D eigenvalue weighted by atomic mass is 10.2. The lowest BCUT2D eigenvalue weighted by Gasteiger charge is -2.13. The highest BCUT2D eigenvalue weighted by atomic mass is 32.1. The van der Waals surface area contributed by atoms with Gasteiger partial charge in [-0.15, -0.1) is 11.3 Å². The van der Waals surface area contributed by atoms with Crippen molar-refractivity contribution in [2.45, 2.75) is 31.8 Å². The Morgan fingerprint density at radius 1 is 1.53 bits per heavy atom. The van der Waals surface area contributed by atoms with Crippen LogP contribution in [0.4, 0.5) is 0 Å². The molecule has 0 amide bonds. The molecule has 0 spiro atoms. The molecule has 0 saturated carbocycles. The van der Waals surface area contributed by atoms with Crippen LogP contribution in [0.3, 0.4) is 0 Å². The fraction of sp³-hybridized carbons (Fsp3) is 0.500. The van der Waals surface area contributed by atoms with Crippen LogP contribution in [-0.4, -0.2) is 21.1 Å². The molecular formula is C12H16N4S. The minimum atomic E-state index is 0.494. The van der Waals surface area contributed by atoms with Crippen LogP contribution >= 0.6 is 11.3 Å². The second-order valence-electron chi connectivity index (χ2n) is 4.34. The Kier molecular flexibility index (Phi) is 3.20. The van der Waals surface area contributed by atoms with Crippen molar-refractivity contribution in [3.8, 4) is 0 Å². The number of rotatable bonds is 4. The molecule has 0 radical (unpaired) electrons. The van der Waals surface area contributed by atoms with E-state index in [-0.39, 0.29) is 0 Å². The molecule has 1 saturated heterocycles. The number of aromatic nitrogens is 3. The van der Waals surface area contributed by atoms with Gasteiger partial charge in [-0.25, -0.2) is 9.97 Å². The number of thiazole rings is 1. The molecule has 0 unspecified atom stereocenters. The van der Waals surface area contributed by atoms with E-state index in [1.165, 1.54) is 23.5 Å². The van der Waals surface area contributed by atoms with Crippen LogP contribution in [0.25, 0.3) is 0 Å². The summed E-state index contributed by atoms with van der Waals surface area (Å²) in [4.78, 5) is 8.58. The molecule has 1 aliphatic rings. The molecule has 90 valence electrons. The van der Waals surface area contributed by atoms with Crippen LogP contribution in [0.1, 0.15) is 29.6 Å². The Balaban J connectivity index is 1.68. The van der Waals surface area contributed by atoms with Gasteiger partial charge in [0.2, 0.25) is 0 Å². The molecule has 4 nitrogen and oxygen atoms in total. The van der Waals surface area contributed by atoms with E-state index in [9.17, 15) is 0 Å². The highest BCUT2D eigenvalue weighted by Gasteiger charge is 2.19. The summed E-state index contributed by atoms with van der Waals surface area (Å²) in [6, 6.07) is 0.494. The number of nitrogens with zero attached hydrogens (tertiary/aromatic N) is 3. The van der Waals surface area contributed by atoms with Crippen molar-refractivity contribution in [3.05, 3.63) is 34.8 Å². The number of imidazole rings is 1. The van der Waals surface area contributed by atoms with Crippen molar-refractivity contribution in [3.63, 3.8) is 0 Å². The average Bonchev–Trinajstić information content (AvgIpc) is 3.09. The van der Waals surface area contributed by atoms with Gasteiger partial charge in [0.15, 0.2) is 0 Å². The van der Waals surface area contributed by atoms with E-state index < -0.39 is 0 Å². The first-order valence-electron chi connectivity index (χ1n) is 6.05. The molecule has 0 aromatic carbocycles. The van der Waals surface area contributed by atoms with Crippen molar-refractivity contribution < 1.29 is 0 Å².